The number of nitrogens with zero attached hydrogens (tertiary/aromatic N) is 5. The molecule has 3 aliphatic heterocycles. The van der Waals surface area contributed by atoms with Crippen molar-refractivity contribution in [1.82, 2.24) is 35.1 Å². The summed E-state index contributed by atoms with van der Waals surface area (Å²) in [5.41, 5.74) is 10.3. The number of benzene rings is 2. The molecule has 2 aromatic carbocycles. The molecule has 0 radical (unpaired) electrons. The molecule has 14 heteroatoms. The Morgan fingerprint density at radius 2 is 1.86 bits per heavy atom. The first kappa shape index (κ1) is 46.0. The lowest BCUT2D eigenvalue weighted by atomic mass is 9.84. The monoisotopic (exact) mass is 873 g/mol. The second kappa shape index (κ2) is 19.0. The number of rotatable bonds is 9. The van der Waals surface area contributed by atoms with Crippen LogP contribution < -0.4 is 10.7 Å². The Morgan fingerprint density at radius 3 is 2.58 bits per heavy atom. The van der Waals surface area contributed by atoms with Gasteiger partial charge >= 0.3 is 5.97 Å². The zero-order valence-corrected chi connectivity index (χ0v) is 38.3. The van der Waals surface area contributed by atoms with E-state index in [-0.39, 0.29) is 49.6 Å². The molecule has 2 aromatic heterocycles. The van der Waals surface area contributed by atoms with Crippen LogP contribution in [0.25, 0.3) is 33.3 Å². The first-order valence-corrected chi connectivity index (χ1v) is 22.7. The maximum absolute atomic E-state index is 14.7. The average molecular weight is 874 g/mol. The van der Waals surface area contributed by atoms with Gasteiger partial charge in [0.1, 0.15) is 23.9 Å². The van der Waals surface area contributed by atoms with E-state index in [9.17, 15) is 29.1 Å². The lowest BCUT2D eigenvalue weighted by molar-refractivity contribution is -0.155. The molecule has 2 fully saturated rings. The van der Waals surface area contributed by atoms with Crippen LogP contribution in [0.15, 0.2) is 67.5 Å². The number of ether oxygens (including phenoxy) is 1. The Balaban J connectivity index is 1.30. The Kier molecular flexibility index (Phi) is 13.6. The van der Waals surface area contributed by atoms with Gasteiger partial charge in [0, 0.05) is 73.9 Å². The molecule has 14 nitrogen and oxygen atoms in total. The molecule has 0 saturated carbocycles. The number of carbonyl (C=O) groups is 5. The molecule has 0 aliphatic carbocycles. The highest BCUT2D eigenvalue weighted by Crippen LogP contribution is 2.41. The SMILES string of the molecule is C=CC(=O)N1CC[C@H](C(=O)N(C)[C@H](C(=O)N[C@H]2Cc3cc(O)cc(c3)-c3ccc4c(c3)c(c(-c3cnccc3CC)n4CC)CC(C)(C)COC(=O)[C@@H]3CCCN(N3)C2=O)C(C)C)C1. The molecular weight excluding hydrogens is 811 g/mol. The standard InChI is InChI=1S/C50H63N7O7/c1-9-32-16-18-51-27-39(32)45-38-26-50(6,7)29-64-49(63)40-13-12-19-57(53-40)48(62)41(23-31-21-35(24-36(58)22-31)33-14-15-42(37(38)25-33)56(45)11-3)52-46(60)44(30(4)5)54(8)47(61)34-17-20-55(28-34)43(59)10-2/h10,14-16,18,21-22,24-25,27,30,34,40-41,44,53,58H,2,9,11-13,17,19-20,23,26,28-29H2,1,3-8H3,(H,52,60)/t34-,40-,41-,44-/m0/s1. The van der Waals surface area contributed by atoms with E-state index in [1.54, 1.807) is 24.1 Å². The predicted octanol–water partition coefficient (Wildman–Crippen LogP) is 5.82. The Morgan fingerprint density at radius 1 is 1.08 bits per heavy atom. The summed E-state index contributed by atoms with van der Waals surface area (Å²) in [7, 11) is 1.58. The van der Waals surface area contributed by atoms with Crippen molar-refractivity contribution in [3.05, 3.63) is 84.2 Å². The number of nitrogens with one attached hydrogen (secondary N) is 2. The normalized spacial score (nSPS) is 20.7. The fourth-order valence-corrected chi connectivity index (χ4v) is 9.86. The lowest BCUT2D eigenvalue weighted by Gasteiger charge is -2.37. The van der Waals surface area contributed by atoms with Crippen molar-refractivity contribution in [2.75, 3.05) is 33.3 Å². The number of hydrogen-bond acceptors (Lipinski definition) is 9. The minimum absolute atomic E-state index is 0.000449. The summed E-state index contributed by atoms with van der Waals surface area (Å²) in [6, 6.07) is 10.7. The number of phenols is 1. The third-order valence-corrected chi connectivity index (χ3v) is 13.1. The zero-order chi connectivity index (χ0) is 46.0. The molecule has 4 amide bonds. The van der Waals surface area contributed by atoms with Crippen LogP contribution in [0.1, 0.15) is 77.5 Å². The molecule has 4 aromatic rings. The van der Waals surface area contributed by atoms with Crippen LogP contribution in [0.4, 0.5) is 0 Å². The maximum Gasteiger partial charge on any atom is 0.324 e. The third kappa shape index (κ3) is 9.43. The second-order valence-corrected chi connectivity index (χ2v) is 18.7. The average Bonchev–Trinajstić information content (AvgIpc) is 3.89. The van der Waals surface area contributed by atoms with E-state index in [1.807, 2.05) is 38.4 Å². The molecule has 5 heterocycles. The van der Waals surface area contributed by atoms with Gasteiger partial charge in [0.2, 0.25) is 17.7 Å². The van der Waals surface area contributed by atoms with E-state index in [4.69, 9.17) is 4.74 Å². The van der Waals surface area contributed by atoms with Gasteiger partial charge in [-0.15, -0.1) is 0 Å². The molecule has 2 saturated heterocycles. The van der Waals surface area contributed by atoms with Crippen LogP contribution in [0.5, 0.6) is 5.75 Å². The smallest absolute Gasteiger partial charge is 0.324 e. The van der Waals surface area contributed by atoms with E-state index in [0.717, 1.165) is 45.3 Å². The van der Waals surface area contributed by atoms with Crippen molar-refractivity contribution in [3.63, 3.8) is 0 Å². The van der Waals surface area contributed by atoms with Crippen LogP contribution in [0, 0.1) is 17.3 Å². The number of likely N-dealkylation sites (N-methyl/N-ethyl adjacent to an activating group) is 1. The number of hydrogen-bond donors (Lipinski definition) is 3. The number of esters is 1. The van der Waals surface area contributed by atoms with E-state index >= 15 is 0 Å². The number of amides is 4. The molecule has 3 N–H and O–H groups in total. The number of aromatic nitrogens is 2. The van der Waals surface area contributed by atoms with Gasteiger partial charge in [0.05, 0.1) is 18.2 Å². The summed E-state index contributed by atoms with van der Waals surface area (Å²) in [5, 5.41) is 16.7. The molecule has 3 aliphatic rings. The van der Waals surface area contributed by atoms with Crippen molar-refractivity contribution in [2.24, 2.45) is 17.3 Å². The zero-order valence-electron chi connectivity index (χ0n) is 38.3. The summed E-state index contributed by atoms with van der Waals surface area (Å²) in [4.78, 5) is 76.8. The number of carbonyl (C=O) groups excluding carboxylic acids is 5. The van der Waals surface area contributed by atoms with Gasteiger partial charge in [-0.1, -0.05) is 53.3 Å². The third-order valence-electron chi connectivity index (χ3n) is 13.1. The fourth-order valence-electron chi connectivity index (χ4n) is 9.86. The highest BCUT2D eigenvalue weighted by Gasteiger charge is 2.40. The van der Waals surface area contributed by atoms with Gasteiger partial charge in [0.15, 0.2) is 0 Å². The van der Waals surface area contributed by atoms with Crippen molar-refractivity contribution >= 4 is 40.5 Å². The lowest BCUT2D eigenvalue weighted by Crippen LogP contribution is -2.62. The molecule has 0 spiro atoms. The van der Waals surface area contributed by atoms with Gasteiger partial charge in [-0.3, -0.25) is 34.0 Å². The van der Waals surface area contributed by atoms with E-state index < -0.39 is 47.2 Å². The largest absolute Gasteiger partial charge is 0.508 e. The van der Waals surface area contributed by atoms with Gasteiger partial charge in [-0.25, -0.2) is 5.43 Å². The summed E-state index contributed by atoms with van der Waals surface area (Å²) in [6.07, 6.45) is 7.82. The Hall–Kier alpha value is -6.02. The molecular formula is C50H63N7O7. The van der Waals surface area contributed by atoms with Gasteiger partial charge in [-0.05, 0) is 109 Å². The van der Waals surface area contributed by atoms with Crippen molar-refractivity contribution < 1.29 is 33.8 Å². The first-order chi connectivity index (χ1) is 30.5. The summed E-state index contributed by atoms with van der Waals surface area (Å²) >= 11 is 0. The minimum atomic E-state index is -1.15. The molecule has 4 atom stereocenters. The number of pyridine rings is 1. The van der Waals surface area contributed by atoms with E-state index in [2.05, 4.69) is 72.8 Å². The van der Waals surface area contributed by atoms with Crippen molar-refractivity contribution in [3.8, 4) is 28.1 Å². The number of likely N-dealkylation sites (tertiary alicyclic amines) is 1. The number of fused-ring (bicyclic) bond motifs is 6. The van der Waals surface area contributed by atoms with Gasteiger partial charge in [-0.2, -0.15) is 0 Å². The topological polar surface area (TPSA) is 166 Å². The van der Waals surface area contributed by atoms with Crippen LogP contribution in [-0.4, -0.2) is 110 Å². The van der Waals surface area contributed by atoms with Crippen molar-refractivity contribution in [1.29, 1.82) is 0 Å². The van der Waals surface area contributed by atoms with Crippen LogP contribution >= 0.6 is 0 Å². The summed E-state index contributed by atoms with van der Waals surface area (Å²) in [6.45, 7) is 17.5. The van der Waals surface area contributed by atoms with Crippen molar-refractivity contribution in [2.45, 2.75) is 105 Å². The number of aryl methyl sites for hydroxylation is 2. The molecule has 6 bridgehead atoms. The number of cyclic esters (lactones) is 1. The number of aromatic hydroxyl groups is 1. The second-order valence-electron chi connectivity index (χ2n) is 18.7. The van der Waals surface area contributed by atoms with Gasteiger partial charge in [0.25, 0.3) is 5.91 Å². The Bertz CT molecular complexity index is 2460. The van der Waals surface area contributed by atoms with E-state index in [0.29, 0.717) is 44.3 Å². The van der Waals surface area contributed by atoms with E-state index in [1.165, 1.54) is 21.5 Å². The highest BCUT2D eigenvalue weighted by atomic mass is 16.5. The van der Waals surface area contributed by atoms with Gasteiger partial charge < -0.3 is 29.5 Å². The van der Waals surface area contributed by atoms with Crippen LogP contribution in [0.2, 0.25) is 0 Å². The maximum atomic E-state index is 14.7. The minimum Gasteiger partial charge on any atom is -0.508 e. The predicted molar refractivity (Wildman–Crippen MR) is 246 cm³/mol. The summed E-state index contributed by atoms with van der Waals surface area (Å²) in [5.74, 6) is -2.80. The number of hydrazine groups is 1. The molecule has 64 heavy (non-hydrogen) atoms. The summed E-state index contributed by atoms with van der Waals surface area (Å²) < 4.78 is 8.41. The quantitative estimate of drug-likeness (QED) is 0.139. The number of phenolic OH excluding ortho intramolecular Hbond substituents is 1. The molecule has 340 valence electrons. The highest BCUT2D eigenvalue weighted by molar-refractivity contribution is 5.96. The van der Waals surface area contributed by atoms with Crippen LogP contribution in [0.3, 0.4) is 0 Å². The molecule has 0 unspecified atom stereocenters. The molecule has 7 rings (SSSR count). The van der Waals surface area contributed by atoms with Crippen LogP contribution in [-0.2, 0) is 54.5 Å². The Labute approximate surface area is 376 Å². The first-order valence-electron chi connectivity index (χ1n) is 22.7. The fraction of sp³-hybridized carbons (Fsp3) is 0.480.